The molecule has 1 unspecified atom stereocenters. The van der Waals surface area contributed by atoms with Gasteiger partial charge in [0.25, 0.3) is 5.91 Å². The number of carbonyl (C=O) groups is 1. The van der Waals surface area contributed by atoms with Crippen molar-refractivity contribution >= 4 is 15.7 Å². The number of fused-ring (bicyclic) bond motifs is 1. The molecule has 3 aromatic rings. The molecule has 1 amide bonds. The number of amides is 1. The lowest BCUT2D eigenvalue weighted by atomic mass is 10.0. The summed E-state index contributed by atoms with van der Waals surface area (Å²) in [5.74, 6) is -0.174. The molecule has 1 aliphatic rings. The van der Waals surface area contributed by atoms with Gasteiger partial charge in [-0.05, 0) is 55.7 Å². The number of hydrogen-bond donors (Lipinski definition) is 1. The minimum Gasteiger partial charge on any atom is -0.345 e. The standard InChI is InChI=1S/C22H23N3O3S/c1-15-12-16(2)25(24-15)14-17-6-5-7-18(13-17)22(26)23-20-10-11-29(27,28)21-9-4-3-8-19(20)21/h3-9,12-13,20H,10-11,14H2,1-2H3,(H,23,26). The number of benzene rings is 2. The second-order valence-electron chi connectivity index (χ2n) is 7.46. The van der Waals surface area contributed by atoms with Crippen LogP contribution >= 0.6 is 0 Å². The predicted molar refractivity (Wildman–Crippen MR) is 111 cm³/mol. The molecule has 2 aromatic carbocycles. The van der Waals surface area contributed by atoms with Crippen molar-refractivity contribution in [3.8, 4) is 0 Å². The van der Waals surface area contributed by atoms with E-state index in [4.69, 9.17) is 0 Å². The van der Waals surface area contributed by atoms with Crippen molar-refractivity contribution in [3.63, 3.8) is 0 Å². The van der Waals surface area contributed by atoms with Crippen LogP contribution < -0.4 is 5.32 Å². The van der Waals surface area contributed by atoms with E-state index in [9.17, 15) is 13.2 Å². The summed E-state index contributed by atoms with van der Waals surface area (Å²) in [4.78, 5) is 13.2. The van der Waals surface area contributed by atoms with Crippen molar-refractivity contribution in [2.75, 3.05) is 5.75 Å². The number of sulfone groups is 1. The third-order valence-corrected chi connectivity index (χ3v) is 7.05. The molecule has 1 aromatic heterocycles. The Kier molecular flexibility index (Phi) is 5.00. The first-order valence-electron chi connectivity index (χ1n) is 9.56. The Bertz CT molecular complexity index is 1180. The second-order valence-corrected chi connectivity index (χ2v) is 9.53. The van der Waals surface area contributed by atoms with Gasteiger partial charge in [0.1, 0.15) is 0 Å². The van der Waals surface area contributed by atoms with Gasteiger partial charge in [-0.15, -0.1) is 0 Å². The fraction of sp³-hybridized carbons (Fsp3) is 0.273. The molecule has 0 aliphatic carbocycles. The molecule has 0 saturated heterocycles. The Morgan fingerprint density at radius 3 is 2.69 bits per heavy atom. The molecule has 1 N–H and O–H groups in total. The molecule has 6 nitrogen and oxygen atoms in total. The van der Waals surface area contributed by atoms with E-state index in [-0.39, 0.29) is 17.7 Å². The number of aryl methyl sites for hydroxylation is 2. The van der Waals surface area contributed by atoms with E-state index >= 15 is 0 Å². The topological polar surface area (TPSA) is 81.1 Å². The lowest BCUT2D eigenvalue weighted by molar-refractivity contribution is 0.0934. The number of nitrogens with one attached hydrogen (secondary N) is 1. The largest absolute Gasteiger partial charge is 0.345 e. The molecule has 0 radical (unpaired) electrons. The molecule has 7 heteroatoms. The van der Waals surface area contributed by atoms with Crippen molar-refractivity contribution in [2.45, 2.75) is 37.8 Å². The summed E-state index contributed by atoms with van der Waals surface area (Å²) < 4.78 is 26.5. The number of hydrogen-bond acceptors (Lipinski definition) is 4. The van der Waals surface area contributed by atoms with Gasteiger partial charge in [-0.1, -0.05) is 30.3 Å². The molecule has 1 aliphatic heterocycles. The van der Waals surface area contributed by atoms with Crippen LogP contribution in [0.25, 0.3) is 0 Å². The molecule has 0 fully saturated rings. The fourth-order valence-corrected chi connectivity index (χ4v) is 5.42. The molecule has 1 atom stereocenters. The van der Waals surface area contributed by atoms with E-state index in [2.05, 4.69) is 10.4 Å². The van der Waals surface area contributed by atoms with Crippen LogP contribution in [0.1, 0.15) is 45.3 Å². The van der Waals surface area contributed by atoms with Crippen LogP contribution in [-0.2, 0) is 16.4 Å². The Morgan fingerprint density at radius 1 is 1.14 bits per heavy atom. The van der Waals surface area contributed by atoms with Gasteiger partial charge in [-0.3, -0.25) is 9.48 Å². The van der Waals surface area contributed by atoms with E-state index in [1.165, 1.54) is 0 Å². The van der Waals surface area contributed by atoms with Gasteiger partial charge in [-0.2, -0.15) is 5.10 Å². The number of rotatable bonds is 4. The Morgan fingerprint density at radius 2 is 1.93 bits per heavy atom. The average molecular weight is 410 g/mol. The van der Waals surface area contributed by atoms with Crippen LogP contribution in [0.3, 0.4) is 0 Å². The van der Waals surface area contributed by atoms with Crippen LogP contribution in [0.2, 0.25) is 0 Å². The zero-order valence-electron chi connectivity index (χ0n) is 16.4. The summed E-state index contributed by atoms with van der Waals surface area (Å²) in [6, 6.07) is 16.0. The first-order chi connectivity index (χ1) is 13.8. The maximum absolute atomic E-state index is 12.9. The van der Waals surface area contributed by atoms with Gasteiger partial charge >= 0.3 is 0 Å². The van der Waals surface area contributed by atoms with Gasteiger partial charge in [0.15, 0.2) is 9.84 Å². The molecule has 0 saturated carbocycles. The quantitative estimate of drug-likeness (QED) is 0.718. The minimum absolute atomic E-state index is 0.0346. The molecule has 29 heavy (non-hydrogen) atoms. The van der Waals surface area contributed by atoms with Crippen molar-refractivity contribution < 1.29 is 13.2 Å². The highest BCUT2D eigenvalue weighted by Crippen LogP contribution is 2.32. The highest BCUT2D eigenvalue weighted by molar-refractivity contribution is 7.91. The summed E-state index contributed by atoms with van der Waals surface area (Å²) in [5, 5.41) is 7.48. The molecular weight excluding hydrogens is 386 g/mol. The SMILES string of the molecule is Cc1cc(C)n(Cc2cccc(C(=O)NC3CCS(=O)(=O)c4ccccc43)c2)n1. The summed E-state index contributed by atoms with van der Waals surface area (Å²) in [7, 11) is -3.28. The Hall–Kier alpha value is -2.93. The van der Waals surface area contributed by atoms with Gasteiger partial charge in [0, 0.05) is 11.3 Å². The van der Waals surface area contributed by atoms with Gasteiger partial charge < -0.3 is 5.32 Å². The Labute approximate surface area is 170 Å². The van der Waals surface area contributed by atoms with Crippen molar-refractivity contribution in [3.05, 3.63) is 82.7 Å². The number of carbonyl (C=O) groups excluding carboxylic acids is 1. The highest BCUT2D eigenvalue weighted by atomic mass is 32.2. The summed E-state index contributed by atoms with van der Waals surface area (Å²) >= 11 is 0. The van der Waals surface area contributed by atoms with E-state index in [0.29, 0.717) is 29.0 Å². The summed E-state index contributed by atoms with van der Waals surface area (Å²) in [6.45, 7) is 4.55. The van der Waals surface area contributed by atoms with Crippen LogP contribution in [0, 0.1) is 13.8 Å². The molecule has 2 heterocycles. The third-order valence-electron chi connectivity index (χ3n) is 5.23. The van der Waals surface area contributed by atoms with E-state index in [1.807, 2.05) is 42.8 Å². The minimum atomic E-state index is -3.28. The molecule has 150 valence electrons. The van der Waals surface area contributed by atoms with E-state index in [1.54, 1.807) is 30.3 Å². The van der Waals surface area contributed by atoms with Crippen LogP contribution in [0.5, 0.6) is 0 Å². The smallest absolute Gasteiger partial charge is 0.251 e. The average Bonchev–Trinajstić information content (AvgIpc) is 3.01. The van der Waals surface area contributed by atoms with Crippen molar-refractivity contribution in [2.24, 2.45) is 0 Å². The van der Waals surface area contributed by atoms with Gasteiger partial charge in [0.05, 0.1) is 28.9 Å². The zero-order valence-corrected chi connectivity index (χ0v) is 17.2. The lowest BCUT2D eigenvalue weighted by Crippen LogP contribution is -2.33. The monoisotopic (exact) mass is 409 g/mol. The van der Waals surface area contributed by atoms with Gasteiger partial charge in [-0.25, -0.2) is 8.42 Å². The third kappa shape index (κ3) is 3.96. The van der Waals surface area contributed by atoms with E-state index < -0.39 is 9.84 Å². The highest BCUT2D eigenvalue weighted by Gasteiger charge is 2.30. The lowest BCUT2D eigenvalue weighted by Gasteiger charge is -2.26. The van der Waals surface area contributed by atoms with Crippen molar-refractivity contribution in [1.82, 2.24) is 15.1 Å². The number of nitrogens with zero attached hydrogens (tertiary/aromatic N) is 2. The summed E-state index contributed by atoms with van der Waals surface area (Å²) in [5.41, 5.74) is 4.22. The Balaban J connectivity index is 1.54. The molecule has 0 bridgehead atoms. The molecular formula is C22H23N3O3S. The molecule has 0 spiro atoms. The summed E-state index contributed by atoms with van der Waals surface area (Å²) in [6.07, 6.45) is 0.372. The van der Waals surface area contributed by atoms with E-state index in [0.717, 1.165) is 17.0 Å². The first kappa shape index (κ1) is 19.4. The van der Waals surface area contributed by atoms with Crippen LogP contribution in [0.4, 0.5) is 0 Å². The van der Waals surface area contributed by atoms with Gasteiger partial charge in [0.2, 0.25) is 0 Å². The maximum atomic E-state index is 12.9. The zero-order chi connectivity index (χ0) is 20.6. The first-order valence-corrected chi connectivity index (χ1v) is 11.2. The fourth-order valence-electron chi connectivity index (χ4n) is 3.80. The predicted octanol–water partition coefficient (Wildman–Crippen LogP) is 3.20. The number of aromatic nitrogens is 2. The normalized spacial score (nSPS) is 17.5. The maximum Gasteiger partial charge on any atom is 0.251 e. The van der Waals surface area contributed by atoms with Crippen molar-refractivity contribution in [1.29, 1.82) is 0 Å². The van der Waals surface area contributed by atoms with Crippen LogP contribution in [-0.4, -0.2) is 29.9 Å². The molecule has 4 rings (SSSR count). The van der Waals surface area contributed by atoms with Crippen LogP contribution in [0.15, 0.2) is 59.5 Å². The second kappa shape index (κ2) is 7.48.